The molecule has 0 aliphatic carbocycles. The number of rotatable bonds is 13. The lowest BCUT2D eigenvalue weighted by Gasteiger charge is -2.17. The van der Waals surface area contributed by atoms with E-state index in [0.29, 0.717) is 19.4 Å². The third kappa shape index (κ3) is 11.9. The highest BCUT2D eigenvalue weighted by Crippen LogP contribution is 2.07. The summed E-state index contributed by atoms with van der Waals surface area (Å²) in [6, 6.07) is 0. The molecule has 0 amide bonds. The van der Waals surface area contributed by atoms with Gasteiger partial charge in [0.2, 0.25) is 0 Å². The molecule has 4 heteroatoms. The van der Waals surface area contributed by atoms with E-state index in [-0.39, 0.29) is 5.97 Å². The van der Waals surface area contributed by atoms with Crippen LogP contribution in [0.3, 0.4) is 0 Å². The van der Waals surface area contributed by atoms with Crippen LogP contribution in [-0.2, 0) is 14.3 Å². The molecule has 0 aliphatic rings. The van der Waals surface area contributed by atoms with Crippen molar-refractivity contribution in [1.82, 2.24) is 4.90 Å². The smallest absolute Gasteiger partial charge is 0.305 e. The van der Waals surface area contributed by atoms with Gasteiger partial charge in [-0.3, -0.25) is 4.79 Å². The van der Waals surface area contributed by atoms with Gasteiger partial charge in [-0.1, -0.05) is 33.1 Å². The van der Waals surface area contributed by atoms with Crippen molar-refractivity contribution in [1.29, 1.82) is 0 Å². The van der Waals surface area contributed by atoms with Crippen molar-refractivity contribution in [3.05, 3.63) is 0 Å². The number of unbranched alkanes of at least 4 members (excludes halogenated alkanes) is 5. The number of hydrogen-bond acceptors (Lipinski definition) is 4. The summed E-state index contributed by atoms with van der Waals surface area (Å²) in [4.78, 5) is 23.8. The minimum Gasteiger partial charge on any atom is -0.464 e. The van der Waals surface area contributed by atoms with Crippen molar-refractivity contribution in [2.45, 2.75) is 58.8 Å². The SMILES string of the molecule is CCN(CC)CCOC(=O)CCCCCCCC=O. The van der Waals surface area contributed by atoms with E-state index in [1.165, 1.54) is 0 Å². The number of hydrogen-bond donors (Lipinski definition) is 0. The second-order valence-electron chi connectivity index (χ2n) is 4.72. The van der Waals surface area contributed by atoms with Crippen molar-refractivity contribution in [2.24, 2.45) is 0 Å². The molecule has 0 saturated heterocycles. The van der Waals surface area contributed by atoms with E-state index in [2.05, 4.69) is 18.7 Å². The van der Waals surface area contributed by atoms with Gasteiger partial charge in [0.05, 0.1) is 0 Å². The Balaban J connectivity index is 3.32. The topological polar surface area (TPSA) is 46.6 Å². The maximum Gasteiger partial charge on any atom is 0.305 e. The predicted molar refractivity (Wildman–Crippen MR) is 77.1 cm³/mol. The molecule has 0 heterocycles. The molecule has 19 heavy (non-hydrogen) atoms. The van der Waals surface area contributed by atoms with Gasteiger partial charge in [-0.15, -0.1) is 0 Å². The zero-order chi connectivity index (χ0) is 14.3. The minimum absolute atomic E-state index is 0.0833. The minimum atomic E-state index is -0.0833. The van der Waals surface area contributed by atoms with Gasteiger partial charge in [0.1, 0.15) is 12.9 Å². The molecule has 0 spiro atoms. The molecule has 0 saturated carbocycles. The first kappa shape index (κ1) is 18.1. The van der Waals surface area contributed by atoms with E-state index >= 15 is 0 Å². The number of likely N-dealkylation sites (N-methyl/N-ethyl adjacent to an activating group) is 1. The van der Waals surface area contributed by atoms with Crippen molar-refractivity contribution in [3.8, 4) is 0 Å². The quantitative estimate of drug-likeness (QED) is 0.293. The normalized spacial score (nSPS) is 10.7. The average molecular weight is 271 g/mol. The fourth-order valence-electron chi connectivity index (χ4n) is 1.93. The largest absolute Gasteiger partial charge is 0.464 e. The molecule has 0 N–H and O–H groups in total. The van der Waals surface area contributed by atoms with E-state index in [1.807, 2.05) is 0 Å². The molecule has 4 nitrogen and oxygen atoms in total. The third-order valence-corrected chi connectivity index (χ3v) is 3.27. The molecule has 0 aromatic carbocycles. The average Bonchev–Trinajstić information content (AvgIpc) is 2.42. The Morgan fingerprint density at radius 1 is 1.05 bits per heavy atom. The van der Waals surface area contributed by atoms with Crippen LogP contribution in [0.1, 0.15) is 58.8 Å². The van der Waals surface area contributed by atoms with E-state index in [1.54, 1.807) is 0 Å². The summed E-state index contributed by atoms with van der Waals surface area (Å²) in [5.41, 5.74) is 0. The lowest BCUT2D eigenvalue weighted by Crippen LogP contribution is -2.27. The van der Waals surface area contributed by atoms with Gasteiger partial charge in [-0.25, -0.2) is 0 Å². The molecule has 112 valence electrons. The fourth-order valence-corrected chi connectivity index (χ4v) is 1.93. The van der Waals surface area contributed by atoms with Gasteiger partial charge in [0.15, 0.2) is 0 Å². The summed E-state index contributed by atoms with van der Waals surface area (Å²) in [6.07, 6.45) is 7.23. The molecule has 0 aliphatic heterocycles. The Hall–Kier alpha value is -0.900. The second kappa shape index (κ2) is 13.5. The first-order chi connectivity index (χ1) is 9.24. The molecule has 0 aromatic rings. The van der Waals surface area contributed by atoms with Crippen LogP contribution >= 0.6 is 0 Å². The molecule has 0 bridgehead atoms. The summed E-state index contributed by atoms with van der Waals surface area (Å²) in [5, 5.41) is 0. The highest BCUT2D eigenvalue weighted by atomic mass is 16.5. The molecule has 0 unspecified atom stereocenters. The van der Waals surface area contributed by atoms with Crippen LogP contribution in [0.4, 0.5) is 0 Å². The van der Waals surface area contributed by atoms with Crippen LogP contribution in [0.15, 0.2) is 0 Å². The Labute approximate surface area is 117 Å². The van der Waals surface area contributed by atoms with Crippen LogP contribution < -0.4 is 0 Å². The zero-order valence-corrected chi connectivity index (χ0v) is 12.5. The lowest BCUT2D eigenvalue weighted by molar-refractivity contribution is -0.144. The first-order valence-corrected chi connectivity index (χ1v) is 7.56. The summed E-state index contributed by atoms with van der Waals surface area (Å²) in [5.74, 6) is -0.0833. The zero-order valence-electron chi connectivity index (χ0n) is 12.5. The third-order valence-electron chi connectivity index (χ3n) is 3.27. The Morgan fingerprint density at radius 2 is 1.68 bits per heavy atom. The number of esters is 1. The van der Waals surface area contributed by atoms with E-state index in [4.69, 9.17) is 4.74 Å². The van der Waals surface area contributed by atoms with Crippen LogP contribution in [0.25, 0.3) is 0 Å². The maximum atomic E-state index is 11.4. The van der Waals surface area contributed by atoms with Crippen molar-refractivity contribution in [3.63, 3.8) is 0 Å². The second-order valence-corrected chi connectivity index (χ2v) is 4.72. The van der Waals surface area contributed by atoms with Crippen LogP contribution in [0.2, 0.25) is 0 Å². The molecule has 0 atom stereocenters. The summed E-state index contributed by atoms with van der Waals surface area (Å²) in [6.45, 7) is 7.53. The first-order valence-electron chi connectivity index (χ1n) is 7.56. The molecular formula is C15H29NO3. The van der Waals surface area contributed by atoms with Gasteiger partial charge < -0.3 is 14.4 Å². The number of carbonyl (C=O) groups excluding carboxylic acids is 2. The van der Waals surface area contributed by atoms with E-state index in [0.717, 1.165) is 58.0 Å². The number of ether oxygens (including phenoxy) is 1. The lowest BCUT2D eigenvalue weighted by atomic mass is 10.1. The molecular weight excluding hydrogens is 242 g/mol. The van der Waals surface area contributed by atoms with Crippen molar-refractivity contribution in [2.75, 3.05) is 26.2 Å². The van der Waals surface area contributed by atoms with Crippen molar-refractivity contribution >= 4 is 12.3 Å². The highest BCUT2D eigenvalue weighted by Gasteiger charge is 2.04. The molecule has 0 radical (unpaired) electrons. The monoisotopic (exact) mass is 271 g/mol. The maximum absolute atomic E-state index is 11.4. The van der Waals surface area contributed by atoms with Crippen molar-refractivity contribution < 1.29 is 14.3 Å². The molecule has 0 rings (SSSR count). The Kier molecular flexibility index (Phi) is 12.9. The standard InChI is InChI=1S/C15H29NO3/c1-3-16(4-2)12-14-19-15(18)11-9-7-5-6-8-10-13-17/h13H,3-12,14H2,1-2H3. The van der Waals surface area contributed by atoms with Crippen LogP contribution in [0.5, 0.6) is 0 Å². The summed E-state index contributed by atoms with van der Waals surface area (Å²) < 4.78 is 5.19. The van der Waals surface area contributed by atoms with E-state index < -0.39 is 0 Å². The summed E-state index contributed by atoms with van der Waals surface area (Å²) >= 11 is 0. The number of aldehydes is 1. The van der Waals surface area contributed by atoms with Gasteiger partial charge in [-0.05, 0) is 25.9 Å². The van der Waals surface area contributed by atoms with Gasteiger partial charge >= 0.3 is 5.97 Å². The molecule has 0 fully saturated rings. The fraction of sp³-hybridized carbons (Fsp3) is 0.867. The van der Waals surface area contributed by atoms with E-state index in [9.17, 15) is 9.59 Å². The van der Waals surface area contributed by atoms with Gasteiger partial charge in [0, 0.05) is 19.4 Å². The molecule has 0 aromatic heterocycles. The van der Waals surface area contributed by atoms with Gasteiger partial charge in [0.25, 0.3) is 0 Å². The Morgan fingerprint density at radius 3 is 2.32 bits per heavy atom. The summed E-state index contributed by atoms with van der Waals surface area (Å²) in [7, 11) is 0. The Bertz CT molecular complexity index is 227. The van der Waals surface area contributed by atoms with Crippen LogP contribution in [0, 0.1) is 0 Å². The predicted octanol–water partition coefficient (Wildman–Crippen LogP) is 2.80. The van der Waals surface area contributed by atoms with Gasteiger partial charge in [-0.2, -0.15) is 0 Å². The highest BCUT2D eigenvalue weighted by molar-refractivity contribution is 5.69. The van der Waals surface area contributed by atoms with Crippen LogP contribution in [-0.4, -0.2) is 43.4 Å². The number of nitrogens with zero attached hydrogens (tertiary/aromatic N) is 1. The number of carbonyl (C=O) groups is 2.